The van der Waals surface area contributed by atoms with Gasteiger partial charge in [-0.05, 0) is 11.0 Å². The first-order chi connectivity index (χ1) is 6.38. The van der Waals surface area contributed by atoms with Gasteiger partial charge in [0, 0.05) is 0 Å². The maximum atomic E-state index is 9.34. The van der Waals surface area contributed by atoms with E-state index in [4.69, 9.17) is 0 Å². The molecule has 0 atom stereocenters. The van der Waals surface area contributed by atoms with E-state index in [9.17, 15) is 5.02 Å². The first-order valence-electron chi connectivity index (χ1n) is 4.43. The van der Waals surface area contributed by atoms with Crippen LogP contribution in [0.5, 0.6) is 0 Å². The highest BCUT2D eigenvalue weighted by atomic mass is 16.2. The fraction of sp³-hybridized carbons (Fsp3) is 0.222. The summed E-state index contributed by atoms with van der Waals surface area (Å²) in [5, 5.41) is 15.7. The van der Waals surface area contributed by atoms with Crippen LogP contribution in [-0.2, 0) is 0 Å². The van der Waals surface area contributed by atoms with Gasteiger partial charge in [0.1, 0.15) is 0 Å². The minimum absolute atomic E-state index is 0.656. The van der Waals surface area contributed by atoms with Crippen LogP contribution in [0.15, 0.2) is 29.4 Å². The van der Waals surface area contributed by atoms with E-state index in [1.807, 2.05) is 38.1 Å². The molecule has 0 saturated heterocycles. The summed E-state index contributed by atoms with van der Waals surface area (Å²) in [7, 11) is -0.656. The molecule has 1 aliphatic heterocycles. The third-order valence-corrected chi connectivity index (χ3v) is 1.69. The second kappa shape index (κ2) is 4.67. The Labute approximate surface area is 78.6 Å². The summed E-state index contributed by atoms with van der Waals surface area (Å²) in [6, 6.07) is 7.60. The molecule has 2 N–H and O–H groups in total. The fourth-order valence-corrected chi connectivity index (χ4v) is 1.12. The SMILES string of the molecule is CC.OB1NN=Cc2ccccc21. The molecule has 0 spiro atoms. The molecule has 0 radical (unpaired) electrons. The quantitative estimate of drug-likeness (QED) is 0.559. The van der Waals surface area contributed by atoms with Gasteiger partial charge in [-0.1, -0.05) is 38.1 Å². The lowest BCUT2D eigenvalue weighted by Crippen LogP contribution is -2.46. The normalized spacial score (nSPS) is 12.4. The monoisotopic (exact) mass is 176 g/mol. The summed E-state index contributed by atoms with van der Waals surface area (Å²) >= 11 is 0. The van der Waals surface area contributed by atoms with Crippen LogP contribution in [0, 0.1) is 0 Å². The molecule has 4 heteroatoms. The summed E-state index contributed by atoms with van der Waals surface area (Å²) in [6.07, 6.45) is 1.70. The summed E-state index contributed by atoms with van der Waals surface area (Å²) in [5.74, 6) is 0. The Kier molecular flexibility index (Phi) is 3.52. The lowest BCUT2D eigenvalue weighted by atomic mass is 9.72. The number of nitrogens with zero attached hydrogens (tertiary/aromatic N) is 1. The minimum Gasteiger partial charge on any atom is -0.428 e. The number of nitrogens with one attached hydrogen (secondary N) is 1. The zero-order valence-corrected chi connectivity index (χ0v) is 7.86. The molecular weight excluding hydrogens is 163 g/mol. The maximum Gasteiger partial charge on any atom is 0.464 e. The Morgan fingerprint density at radius 3 is 2.69 bits per heavy atom. The highest BCUT2D eigenvalue weighted by Crippen LogP contribution is 1.96. The Morgan fingerprint density at radius 1 is 1.31 bits per heavy atom. The van der Waals surface area contributed by atoms with Gasteiger partial charge in [0.05, 0.1) is 6.21 Å². The molecule has 0 unspecified atom stereocenters. The van der Waals surface area contributed by atoms with Crippen molar-refractivity contribution in [1.82, 2.24) is 5.34 Å². The smallest absolute Gasteiger partial charge is 0.428 e. The van der Waals surface area contributed by atoms with Gasteiger partial charge in [-0.25, -0.2) is 0 Å². The van der Waals surface area contributed by atoms with Crippen LogP contribution in [0.2, 0.25) is 0 Å². The molecule has 0 aromatic heterocycles. The zero-order valence-electron chi connectivity index (χ0n) is 7.86. The minimum atomic E-state index is -0.656. The summed E-state index contributed by atoms with van der Waals surface area (Å²) in [5.41, 5.74) is 1.85. The van der Waals surface area contributed by atoms with Gasteiger partial charge in [0.25, 0.3) is 0 Å². The predicted octanol–water partition coefficient (Wildman–Crippen LogP) is 0.337. The molecule has 2 rings (SSSR count). The van der Waals surface area contributed by atoms with Gasteiger partial charge in [-0.2, -0.15) is 5.10 Å². The molecule has 1 aromatic rings. The standard InChI is InChI=1S/C7H7BN2O.C2H6/c11-8-7-4-2-1-3-6(7)5-9-10-8;1-2/h1-5,10-11H;1-2H3. The Balaban J connectivity index is 0.000000396. The number of hydrazone groups is 1. The average molecular weight is 176 g/mol. The number of hydrogen-bond donors (Lipinski definition) is 2. The van der Waals surface area contributed by atoms with Crippen molar-refractivity contribution in [3.63, 3.8) is 0 Å². The summed E-state index contributed by atoms with van der Waals surface area (Å²) < 4.78 is 0. The van der Waals surface area contributed by atoms with Crippen molar-refractivity contribution in [2.75, 3.05) is 0 Å². The fourth-order valence-electron chi connectivity index (χ4n) is 1.12. The van der Waals surface area contributed by atoms with Crippen molar-refractivity contribution in [2.45, 2.75) is 13.8 Å². The lowest BCUT2D eigenvalue weighted by Gasteiger charge is -2.12. The molecule has 0 aliphatic carbocycles. The van der Waals surface area contributed by atoms with Crippen molar-refractivity contribution < 1.29 is 5.02 Å². The van der Waals surface area contributed by atoms with Gasteiger partial charge in [-0.3, -0.25) is 0 Å². The topological polar surface area (TPSA) is 44.6 Å². The lowest BCUT2D eigenvalue weighted by molar-refractivity contribution is 0.565. The molecule has 0 amide bonds. The third-order valence-electron chi connectivity index (χ3n) is 1.69. The van der Waals surface area contributed by atoms with Crippen LogP contribution in [0.4, 0.5) is 0 Å². The van der Waals surface area contributed by atoms with E-state index in [0.717, 1.165) is 11.0 Å². The third kappa shape index (κ3) is 2.09. The Bertz CT molecular complexity index is 301. The molecule has 0 bridgehead atoms. The zero-order chi connectivity index (χ0) is 9.68. The van der Waals surface area contributed by atoms with Crippen LogP contribution >= 0.6 is 0 Å². The van der Waals surface area contributed by atoms with Crippen molar-refractivity contribution in [1.29, 1.82) is 0 Å². The van der Waals surface area contributed by atoms with Crippen LogP contribution < -0.4 is 10.8 Å². The van der Waals surface area contributed by atoms with Crippen molar-refractivity contribution in [3.8, 4) is 0 Å². The maximum absolute atomic E-state index is 9.34. The molecule has 1 heterocycles. The van der Waals surface area contributed by atoms with Gasteiger partial charge in [0.2, 0.25) is 0 Å². The van der Waals surface area contributed by atoms with Crippen molar-refractivity contribution >= 4 is 18.7 Å². The second-order valence-electron chi connectivity index (χ2n) is 2.42. The van der Waals surface area contributed by atoms with Crippen LogP contribution in [-0.4, -0.2) is 18.3 Å². The van der Waals surface area contributed by atoms with E-state index >= 15 is 0 Å². The average Bonchev–Trinajstić information content (AvgIpc) is 2.22. The van der Waals surface area contributed by atoms with Crippen LogP contribution in [0.3, 0.4) is 0 Å². The predicted molar refractivity (Wildman–Crippen MR) is 56.1 cm³/mol. The molecule has 68 valence electrons. The van der Waals surface area contributed by atoms with Gasteiger partial charge in [0.15, 0.2) is 0 Å². The van der Waals surface area contributed by atoms with Crippen LogP contribution in [0.1, 0.15) is 19.4 Å². The van der Waals surface area contributed by atoms with Crippen molar-refractivity contribution in [3.05, 3.63) is 29.8 Å². The summed E-state index contributed by atoms with van der Waals surface area (Å²) in [6.45, 7) is 4.00. The highest BCUT2D eigenvalue weighted by Gasteiger charge is 2.19. The molecule has 0 saturated carbocycles. The first-order valence-corrected chi connectivity index (χ1v) is 4.43. The Hall–Kier alpha value is -1.29. The molecule has 3 nitrogen and oxygen atoms in total. The van der Waals surface area contributed by atoms with Crippen molar-refractivity contribution in [2.24, 2.45) is 5.10 Å². The van der Waals surface area contributed by atoms with E-state index in [1.54, 1.807) is 6.21 Å². The van der Waals surface area contributed by atoms with Gasteiger partial charge in [-0.15, -0.1) is 0 Å². The highest BCUT2D eigenvalue weighted by molar-refractivity contribution is 6.65. The molecule has 1 aromatic carbocycles. The number of hydrogen-bond acceptors (Lipinski definition) is 3. The van der Waals surface area contributed by atoms with E-state index in [1.165, 1.54) is 0 Å². The second-order valence-corrected chi connectivity index (χ2v) is 2.42. The summed E-state index contributed by atoms with van der Waals surface area (Å²) in [4.78, 5) is 0. The van der Waals surface area contributed by atoms with Gasteiger partial charge < -0.3 is 10.4 Å². The number of fused-ring (bicyclic) bond motifs is 1. The molecule has 13 heavy (non-hydrogen) atoms. The van der Waals surface area contributed by atoms with Crippen LogP contribution in [0.25, 0.3) is 0 Å². The first kappa shape index (κ1) is 9.80. The Morgan fingerprint density at radius 2 is 2.00 bits per heavy atom. The van der Waals surface area contributed by atoms with E-state index in [2.05, 4.69) is 10.4 Å². The van der Waals surface area contributed by atoms with Gasteiger partial charge >= 0.3 is 7.05 Å². The largest absolute Gasteiger partial charge is 0.464 e. The molecular formula is C9H13BN2O. The molecule has 0 fully saturated rings. The van der Waals surface area contributed by atoms with E-state index < -0.39 is 7.05 Å². The number of benzene rings is 1. The number of rotatable bonds is 0. The van der Waals surface area contributed by atoms with E-state index in [-0.39, 0.29) is 0 Å². The van der Waals surface area contributed by atoms with E-state index in [0.29, 0.717) is 0 Å². The molecule has 1 aliphatic rings.